The summed E-state index contributed by atoms with van der Waals surface area (Å²) in [6, 6.07) is 0.262. The van der Waals surface area contributed by atoms with E-state index in [1.54, 1.807) is 0 Å². The van der Waals surface area contributed by atoms with E-state index in [0.717, 1.165) is 6.54 Å². The van der Waals surface area contributed by atoms with Crippen molar-refractivity contribution in [2.75, 3.05) is 49.4 Å². The van der Waals surface area contributed by atoms with Crippen LogP contribution in [0.25, 0.3) is 0 Å². The van der Waals surface area contributed by atoms with Gasteiger partial charge in [-0.05, 0) is 13.8 Å². The van der Waals surface area contributed by atoms with Crippen LogP contribution >= 0.6 is 0 Å². The van der Waals surface area contributed by atoms with Crippen molar-refractivity contribution in [1.29, 1.82) is 0 Å². The first-order valence-corrected chi connectivity index (χ1v) is 6.50. The average molecular weight is 266 g/mol. The number of nitrogens with zero attached hydrogens (tertiary/aromatic N) is 5. The predicted octanol–water partition coefficient (Wildman–Crippen LogP) is 0.593. The number of nitrogens with one attached hydrogen (secondary N) is 1. The van der Waals surface area contributed by atoms with Gasteiger partial charge in [-0.15, -0.1) is 0 Å². The minimum absolute atomic E-state index is 0.189. The Bertz CT molecular complexity index is 438. The standard InChI is InChI=1S/C12H22N6O/c1-8-7-19-9(2)6-18(8)12-15-10(13-3)14-11(16-12)17(4)5/h8-9H,6-7H2,1-5H3,(H,13,14,15,16). The number of ether oxygens (including phenoxy) is 1. The lowest BCUT2D eigenvalue weighted by molar-refractivity contribution is 0.0337. The molecule has 1 aliphatic heterocycles. The molecule has 1 saturated heterocycles. The summed E-state index contributed by atoms with van der Waals surface area (Å²) < 4.78 is 5.64. The molecule has 2 unspecified atom stereocenters. The molecule has 1 N–H and O–H groups in total. The van der Waals surface area contributed by atoms with E-state index in [1.165, 1.54) is 0 Å². The third-order valence-electron chi connectivity index (χ3n) is 3.10. The lowest BCUT2D eigenvalue weighted by atomic mass is 10.2. The fourth-order valence-electron chi connectivity index (χ4n) is 1.98. The summed E-state index contributed by atoms with van der Waals surface area (Å²) in [5.74, 6) is 1.94. The molecule has 1 aliphatic rings. The fourth-order valence-corrected chi connectivity index (χ4v) is 1.98. The molecular weight excluding hydrogens is 244 g/mol. The van der Waals surface area contributed by atoms with Gasteiger partial charge in [-0.2, -0.15) is 15.0 Å². The maximum atomic E-state index is 5.64. The van der Waals surface area contributed by atoms with Gasteiger partial charge in [0.05, 0.1) is 18.8 Å². The quantitative estimate of drug-likeness (QED) is 0.859. The Labute approximate surface area is 114 Å². The molecule has 106 valence electrons. The Morgan fingerprint density at radius 1 is 1.26 bits per heavy atom. The minimum atomic E-state index is 0.189. The smallest absolute Gasteiger partial charge is 0.232 e. The second kappa shape index (κ2) is 5.56. The van der Waals surface area contributed by atoms with Gasteiger partial charge in [-0.1, -0.05) is 0 Å². The first-order chi connectivity index (χ1) is 9.01. The summed E-state index contributed by atoms with van der Waals surface area (Å²) in [7, 11) is 5.65. The molecule has 1 aromatic heterocycles. The molecule has 0 amide bonds. The van der Waals surface area contributed by atoms with E-state index in [1.807, 2.05) is 26.0 Å². The Morgan fingerprint density at radius 3 is 2.63 bits per heavy atom. The molecule has 0 radical (unpaired) electrons. The summed E-state index contributed by atoms with van der Waals surface area (Å²) in [4.78, 5) is 17.3. The molecule has 0 bridgehead atoms. The van der Waals surface area contributed by atoms with Crippen molar-refractivity contribution < 1.29 is 4.74 Å². The van der Waals surface area contributed by atoms with Crippen molar-refractivity contribution in [3.05, 3.63) is 0 Å². The molecule has 0 aromatic carbocycles. The molecule has 0 spiro atoms. The van der Waals surface area contributed by atoms with E-state index in [-0.39, 0.29) is 12.1 Å². The topological polar surface area (TPSA) is 66.4 Å². The molecular formula is C12H22N6O. The largest absolute Gasteiger partial charge is 0.375 e. The molecule has 1 fully saturated rings. The van der Waals surface area contributed by atoms with Gasteiger partial charge in [0.25, 0.3) is 0 Å². The SMILES string of the molecule is CNc1nc(N(C)C)nc(N2CC(C)OCC2C)n1. The normalized spacial score (nSPS) is 23.3. The average Bonchev–Trinajstić information content (AvgIpc) is 2.40. The van der Waals surface area contributed by atoms with Crippen LogP contribution in [0.15, 0.2) is 0 Å². The van der Waals surface area contributed by atoms with Crippen LogP contribution in [0.5, 0.6) is 0 Å². The van der Waals surface area contributed by atoms with Gasteiger partial charge in [0.15, 0.2) is 0 Å². The lowest BCUT2D eigenvalue weighted by Crippen LogP contribution is -2.48. The van der Waals surface area contributed by atoms with Crippen LogP contribution in [0, 0.1) is 0 Å². The Balaban J connectivity index is 2.34. The molecule has 7 heteroatoms. The van der Waals surface area contributed by atoms with Gasteiger partial charge in [-0.25, -0.2) is 0 Å². The second-order valence-corrected chi connectivity index (χ2v) is 5.05. The molecule has 19 heavy (non-hydrogen) atoms. The third kappa shape index (κ3) is 3.04. The number of aromatic nitrogens is 3. The maximum absolute atomic E-state index is 5.64. The van der Waals surface area contributed by atoms with E-state index in [9.17, 15) is 0 Å². The maximum Gasteiger partial charge on any atom is 0.232 e. The summed E-state index contributed by atoms with van der Waals surface area (Å²) in [6.45, 7) is 5.66. The van der Waals surface area contributed by atoms with E-state index < -0.39 is 0 Å². The van der Waals surface area contributed by atoms with Gasteiger partial charge < -0.3 is 19.9 Å². The molecule has 0 aliphatic carbocycles. The Hall–Kier alpha value is -1.63. The van der Waals surface area contributed by atoms with Crippen LogP contribution in [0.1, 0.15) is 13.8 Å². The fraction of sp³-hybridized carbons (Fsp3) is 0.750. The number of rotatable bonds is 3. The number of hydrogen-bond acceptors (Lipinski definition) is 7. The van der Waals surface area contributed by atoms with Crippen molar-refractivity contribution in [2.45, 2.75) is 26.0 Å². The Kier molecular flexibility index (Phi) is 4.04. The van der Waals surface area contributed by atoms with Gasteiger partial charge >= 0.3 is 0 Å². The van der Waals surface area contributed by atoms with Crippen LogP contribution in [0.3, 0.4) is 0 Å². The van der Waals surface area contributed by atoms with E-state index in [0.29, 0.717) is 24.5 Å². The monoisotopic (exact) mass is 266 g/mol. The van der Waals surface area contributed by atoms with Crippen molar-refractivity contribution >= 4 is 17.8 Å². The summed E-state index contributed by atoms with van der Waals surface area (Å²) >= 11 is 0. The highest BCUT2D eigenvalue weighted by atomic mass is 16.5. The zero-order chi connectivity index (χ0) is 14.0. The molecule has 2 heterocycles. The molecule has 2 atom stereocenters. The van der Waals surface area contributed by atoms with Gasteiger partial charge in [0, 0.05) is 27.7 Å². The summed E-state index contributed by atoms with van der Waals surface area (Å²) in [5.41, 5.74) is 0. The highest BCUT2D eigenvalue weighted by Crippen LogP contribution is 2.20. The molecule has 7 nitrogen and oxygen atoms in total. The van der Waals surface area contributed by atoms with Crippen LogP contribution in [0.2, 0.25) is 0 Å². The number of morpholine rings is 1. The molecule has 2 rings (SSSR count). The van der Waals surface area contributed by atoms with E-state index >= 15 is 0 Å². The first kappa shape index (κ1) is 13.8. The molecule has 0 saturated carbocycles. The zero-order valence-electron chi connectivity index (χ0n) is 12.2. The Morgan fingerprint density at radius 2 is 2.00 bits per heavy atom. The highest BCUT2D eigenvalue weighted by molar-refractivity contribution is 5.45. The van der Waals surface area contributed by atoms with Gasteiger partial charge in [0.1, 0.15) is 0 Å². The van der Waals surface area contributed by atoms with Crippen LogP contribution in [-0.4, -0.2) is 61.4 Å². The summed E-state index contributed by atoms with van der Waals surface area (Å²) in [6.07, 6.45) is 0.189. The van der Waals surface area contributed by atoms with Crippen LogP contribution in [-0.2, 0) is 4.74 Å². The minimum Gasteiger partial charge on any atom is -0.375 e. The van der Waals surface area contributed by atoms with Crippen molar-refractivity contribution in [1.82, 2.24) is 15.0 Å². The number of anilines is 3. The van der Waals surface area contributed by atoms with Crippen molar-refractivity contribution in [3.63, 3.8) is 0 Å². The lowest BCUT2D eigenvalue weighted by Gasteiger charge is -2.37. The molecule has 1 aromatic rings. The number of hydrogen-bond donors (Lipinski definition) is 1. The second-order valence-electron chi connectivity index (χ2n) is 5.05. The van der Waals surface area contributed by atoms with E-state index in [4.69, 9.17) is 4.74 Å². The third-order valence-corrected chi connectivity index (χ3v) is 3.10. The zero-order valence-corrected chi connectivity index (χ0v) is 12.2. The van der Waals surface area contributed by atoms with Crippen molar-refractivity contribution in [2.24, 2.45) is 0 Å². The van der Waals surface area contributed by atoms with Crippen LogP contribution < -0.4 is 15.1 Å². The van der Waals surface area contributed by atoms with Crippen LogP contribution in [0.4, 0.5) is 17.8 Å². The predicted molar refractivity (Wildman–Crippen MR) is 75.9 cm³/mol. The van der Waals surface area contributed by atoms with E-state index in [2.05, 4.69) is 39.0 Å². The highest BCUT2D eigenvalue weighted by Gasteiger charge is 2.26. The van der Waals surface area contributed by atoms with Crippen molar-refractivity contribution in [3.8, 4) is 0 Å². The van der Waals surface area contributed by atoms with Gasteiger partial charge in [-0.3, -0.25) is 0 Å². The van der Waals surface area contributed by atoms with Gasteiger partial charge in [0.2, 0.25) is 17.8 Å². The first-order valence-electron chi connectivity index (χ1n) is 6.50. The summed E-state index contributed by atoms with van der Waals surface area (Å²) in [5, 5.41) is 2.98.